The largest absolute Gasteiger partial charge is 0.471 e. The third kappa shape index (κ3) is 10.8. The molecule has 1 heterocycles. The fraction of sp³-hybridized carbons (Fsp3) is 0.233. The molecular weight excluding hydrogens is 574 g/mol. The molecule has 3 rings (SSSR count). The highest BCUT2D eigenvalue weighted by atomic mass is 35.5. The molecule has 13 heteroatoms. The van der Waals surface area contributed by atoms with Crippen LogP contribution in [-0.2, 0) is 19.1 Å². The smallest absolute Gasteiger partial charge is 0.292 e. The monoisotopic (exact) mass is 609 g/mol. The number of H-pyrrole nitrogens is 1. The number of imidazole rings is 1. The number of nitrogens with zero attached hydrogens (tertiary/aromatic N) is 1. The first-order chi connectivity index (χ1) is 20.7. The summed E-state index contributed by atoms with van der Waals surface area (Å²) in [5, 5.41) is 27.7. The molecule has 0 saturated heterocycles. The number of aliphatic hydroxyl groups excluding tert-OH is 1. The van der Waals surface area contributed by atoms with E-state index in [2.05, 4.69) is 30.7 Å². The minimum Gasteiger partial charge on any atom is -0.471 e. The van der Waals surface area contributed by atoms with Gasteiger partial charge in [-0.05, 0) is 42.8 Å². The van der Waals surface area contributed by atoms with Crippen LogP contribution in [0.25, 0.3) is 11.3 Å². The number of nitrogens with one attached hydrogen (secondary N) is 5. The number of benzene rings is 2. The molecule has 0 saturated carbocycles. The molecule has 0 aliphatic rings. The predicted molar refractivity (Wildman–Crippen MR) is 168 cm³/mol. The Morgan fingerprint density at radius 3 is 2.56 bits per heavy atom. The molecule has 1 amide bonds. The summed E-state index contributed by atoms with van der Waals surface area (Å²) >= 11 is 6.01. The van der Waals surface area contributed by atoms with E-state index >= 15 is 0 Å². The summed E-state index contributed by atoms with van der Waals surface area (Å²) in [6.45, 7) is 0.375. The SMILES string of the molecule is CNc1ccc(-c2cnc(C(C/C=C/C(O)CC=O)NC(=O)/C(N)=C/C(=N)c3cccc(Cl)c3)[nH]2)c(NC)c1.COC=O. The van der Waals surface area contributed by atoms with Crippen LogP contribution < -0.4 is 21.7 Å². The zero-order valence-electron chi connectivity index (χ0n) is 24.1. The van der Waals surface area contributed by atoms with E-state index < -0.39 is 18.1 Å². The molecular formula is C30H36ClN7O5. The van der Waals surface area contributed by atoms with Gasteiger partial charge in [0, 0.05) is 48.0 Å². The van der Waals surface area contributed by atoms with Crippen LogP contribution in [0.5, 0.6) is 0 Å². The number of hydrogen-bond donors (Lipinski definition) is 7. The summed E-state index contributed by atoms with van der Waals surface area (Å²) in [5.41, 5.74) is 9.84. The van der Waals surface area contributed by atoms with Gasteiger partial charge in [-0.15, -0.1) is 0 Å². The van der Waals surface area contributed by atoms with Crippen LogP contribution in [0.4, 0.5) is 11.4 Å². The van der Waals surface area contributed by atoms with Crippen LogP contribution in [0.2, 0.25) is 5.02 Å². The van der Waals surface area contributed by atoms with Gasteiger partial charge in [-0.2, -0.15) is 0 Å². The molecule has 0 fully saturated rings. The van der Waals surface area contributed by atoms with Crippen LogP contribution in [0.3, 0.4) is 0 Å². The minimum absolute atomic E-state index is 0.0310. The Balaban J connectivity index is 0.00000151. The van der Waals surface area contributed by atoms with Crippen LogP contribution >= 0.6 is 11.6 Å². The Bertz CT molecular complexity index is 1450. The molecule has 43 heavy (non-hydrogen) atoms. The lowest BCUT2D eigenvalue weighted by Crippen LogP contribution is -2.33. The number of halogens is 1. The fourth-order valence-corrected chi connectivity index (χ4v) is 3.97. The molecule has 0 spiro atoms. The Morgan fingerprint density at radius 2 is 1.93 bits per heavy atom. The highest BCUT2D eigenvalue weighted by Gasteiger charge is 2.20. The number of ether oxygens (including phenoxy) is 1. The standard InChI is InChI=1S/C28H32ClN7O3.C2H4O2/c1-32-19-9-10-21(25(14-19)33-2)26-16-34-27(35-26)24(8-4-7-20(38)11-12-37)36-28(39)23(31)15-22(30)17-5-3-6-18(29)13-17;1-4-2-3/h3-7,9-10,12-16,20,24,30,32-33,38H,8,11,31H2,1-2H3,(H,34,35)(H,36,39);2H,1H3/b7-4+,23-15-,30-22?;. The van der Waals surface area contributed by atoms with Crippen molar-refractivity contribution in [3.63, 3.8) is 0 Å². The van der Waals surface area contributed by atoms with Gasteiger partial charge in [-0.1, -0.05) is 35.9 Å². The summed E-state index contributed by atoms with van der Waals surface area (Å²) in [4.78, 5) is 40.4. The zero-order chi connectivity index (χ0) is 31.8. The second-order valence-electron chi connectivity index (χ2n) is 8.96. The Morgan fingerprint density at radius 1 is 1.19 bits per heavy atom. The quantitative estimate of drug-likeness (QED) is 0.0618. The van der Waals surface area contributed by atoms with Crippen molar-refractivity contribution in [3.05, 3.63) is 89.0 Å². The van der Waals surface area contributed by atoms with Crippen molar-refractivity contribution >= 4 is 47.4 Å². The van der Waals surface area contributed by atoms with Gasteiger partial charge in [0.15, 0.2) is 0 Å². The summed E-state index contributed by atoms with van der Waals surface area (Å²) in [5.74, 6) is -0.133. The molecule has 3 aromatic rings. The molecule has 2 unspecified atom stereocenters. The summed E-state index contributed by atoms with van der Waals surface area (Å²) in [7, 11) is 4.98. The highest BCUT2D eigenvalue weighted by Crippen LogP contribution is 2.30. The van der Waals surface area contributed by atoms with Crippen LogP contribution in [0.15, 0.2) is 72.6 Å². The van der Waals surface area contributed by atoms with Gasteiger partial charge < -0.3 is 46.7 Å². The Labute approximate surface area is 254 Å². The van der Waals surface area contributed by atoms with Gasteiger partial charge in [0.25, 0.3) is 12.4 Å². The molecule has 2 aromatic carbocycles. The first-order valence-corrected chi connectivity index (χ1v) is 13.5. The Hall–Kier alpha value is -4.94. The van der Waals surface area contributed by atoms with Crippen molar-refractivity contribution in [1.82, 2.24) is 15.3 Å². The lowest BCUT2D eigenvalue weighted by molar-refractivity contribution is -0.126. The van der Waals surface area contributed by atoms with Crippen molar-refractivity contribution < 1.29 is 24.2 Å². The molecule has 1 aromatic heterocycles. The maximum Gasteiger partial charge on any atom is 0.292 e. The number of aromatic nitrogens is 2. The number of rotatable bonds is 14. The number of allylic oxidation sites excluding steroid dienone is 1. The molecule has 2 atom stereocenters. The number of nitrogens with two attached hydrogens (primary N) is 1. The minimum atomic E-state index is -0.932. The molecule has 0 aliphatic heterocycles. The maximum absolute atomic E-state index is 13.0. The number of amides is 1. The number of methoxy groups -OCH3 is 1. The van der Waals surface area contributed by atoms with E-state index in [1.165, 1.54) is 19.3 Å². The number of aliphatic hydroxyl groups is 1. The fourth-order valence-electron chi connectivity index (χ4n) is 3.78. The van der Waals surface area contributed by atoms with Gasteiger partial charge in [-0.3, -0.25) is 9.59 Å². The second-order valence-corrected chi connectivity index (χ2v) is 9.39. The summed E-state index contributed by atoms with van der Waals surface area (Å²) in [6.07, 6.45) is 6.00. The van der Waals surface area contributed by atoms with E-state index in [-0.39, 0.29) is 24.3 Å². The van der Waals surface area contributed by atoms with Crippen LogP contribution in [-0.4, -0.2) is 66.8 Å². The average Bonchev–Trinajstić information content (AvgIpc) is 3.50. The normalized spacial score (nSPS) is 12.3. The molecule has 12 nitrogen and oxygen atoms in total. The van der Waals surface area contributed by atoms with Crippen molar-refractivity contribution in [1.29, 1.82) is 5.41 Å². The van der Waals surface area contributed by atoms with E-state index in [1.54, 1.807) is 36.5 Å². The summed E-state index contributed by atoms with van der Waals surface area (Å²) in [6, 6.07) is 11.9. The summed E-state index contributed by atoms with van der Waals surface area (Å²) < 4.78 is 3.86. The first-order valence-electron chi connectivity index (χ1n) is 13.1. The highest BCUT2D eigenvalue weighted by molar-refractivity contribution is 6.31. The second kappa shape index (κ2) is 17.8. The van der Waals surface area contributed by atoms with Gasteiger partial charge in [0.05, 0.1) is 42.6 Å². The number of anilines is 2. The molecule has 228 valence electrons. The van der Waals surface area contributed by atoms with E-state index in [0.29, 0.717) is 29.2 Å². The van der Waals surface area contributed by atoms with Gasteiger partial charge in [-0.25, -0.2) is 4.98 Å². The van der Waals surface area contributed by atoms with Crippen molar-refractivity contribution in [2.75, 3.05) is 31.8 Å². The Kier molecular flexibility index (Phi) is 14.2. The lowest BCUT2D eigenvalue weighted by atomic mass is 10.1. The third-order valence-electron chi connectivity index (χ3n) is 5.96. The van der Waals surface area contributed by atoms with E-state index in [4.69, 9.17) is 27.5 Å². The zero-order valence-corrected chi connectivity index (χ0v) is 24.8. The average molecular weight is 610 g/mol. The maximum atomic E-state index is 13.0. The molecule has 0 aliphatic carbocycles. The van der Waals surface area contributed by atoms with Gasteiger partial charge >= 0.3 is 0 Å². The number of carbonyl (C=O) groups is 3. The number of aromatic amines is 1. The van der Waals surface area contributed by atoms with Crippen LogP contribution in [0.1, 0.15) is 30.3 Å². The van der Waals surface area contributed by atoms with E-state index in [0.717, 1.165) is 22.6 Å². The first kappa shape index (κ1) is 34.3. The third-order valence-corrected chi connectivity index (χ3v) is 6.20. The predicted octanol–water partition coefficient (Wildman–Crippen LogP) is 3.57. The molecule has 0 radical (unpaired) electrons. The van der Waals surface area contributed by atoms with E-state index in [1.807, 2.05) is 32.3 Å². The molecule has 8 N–H and O–H groups in total. The van der Waals surface area contributed by atoms with E-state index in [9.17, 15) is 14.7 Å². The lowest BCUT2D eigenvalue weighted by Gasteiger charge is -2.16. The number of aldehydes is 1. The topological polar surface area (TPSA) is 195 Å². The number of carbonyl (C=O) groups excluding carboxylic acids is 3. The van der Waals surface area contributed by atoms with Crippen molar-refractivity contribution in [2.24, 2.45) is 5.73 Å². The van der Waals surface area contributed by atoms with Gasteiger partial charge in [0.1, 0.15) is 12.1 Å². The van der Waals surface area contributed by atoms with Gasteiger partial charge in [0.2, 0.25) is 0 Å². The number of hydrogen-bond acceptors (Lipinski definition) is 10. The van der Waals surface area contributed by atoms with Crippen molar-refractivity contribution in [3.8, 4) is 11.3 Å². The molecule has 0 bridgehead atoms. The van der Waals surface area contributed by atoms with Crippen LogP contribution in [0, 0.1) is 5.41 Å². The van der Waals surface area contributed by atoms with Crippen molar-refractivity contribution in [2.45, 2.75) is 25.0 Å².